The van der Waals surface area contributed by atoms with E-state index >= 15 is 0 Å². The molecule has 0 saturated carbocycles. The van der Waals surface area contributed by atoms with E-state index in [4.69, 9.17) is 27.9 Å². The van der Waals surface area contributed by atoms with Gasteiger partial charge in [-0.3, -0.25) is 4.79 Å². The predicted molar refractivity (Wildman–Crippen MR) is 69.3 cm³/mol. The number of rotatable bonds is 4. The minimum absolute atomic E-state index is 0.000508. The van der Waals surface area contributed by atoms with Crippen LogP contribution in [0.4, 0.5) is 5.69 Å². The lowest BCUT2D eigenvalue weighted by Crippen LogP contribution is -2.18. The molecule has 0 unspecified atom stereocenters. The summed E-state index contributed by atoms with van der Waals surface area (Å²) < 4.78 is 5.65. The topological polar surface area (TPSA) is 38.3 Å². The lowest BCUT2D eigenvalue weighted by atomic mass is 10.3. The zero-order valence-corrected chi connectivity index (χ0v) is 11.6. The Morgan fingerprint density at radius 3 is 2.75 bits per heavy atom. The highest BCUT2D eigenvalue weighted by Gasteiger charge is 2.10. The highest BCUT2D eigenvalue weighted by Crippen LogP contribution is 2.35. The number of halogens is 3. The Kier molecular flexibility index (Phi) is 5.55. The van der Waals surface area contributed by atoms with Crippen LogP contribution in [0.3, 0.4) is 0 Å². The molecule has 0 aromatic heterocycles. The Morgan fingerprint density at radius 1 is 1.44 bits per heavy atom. The molecular weight excluding hydrogens is 317 g/mol. The molecule has 88 valence electrons. The zero-order valence-electron chi connectivity index (χ0n) is 8.52. The Bertz CT molecular complexity index is 399. The molecule has 0 fully saturated rings. The summed E-state index contributed by atoms with van der Waals surface area (Å²) in [5, 5.41) is 3.29. The van der Waals surface area contributed by atoms with Gasteiger partial charge in [0.05, 0.1) is 15.7 Å². The largest absolute Gasteiger partial charge is 0.372 e. The van der Waals surface area contributed by atoms with Gasteiger partial charge in [0, 0.05) is 11.1 Å². The Hall–Kier alpha value is -0.290. The highest BCUT2D eigenvalue weighted by molar-refractivity contribution is 9.10. The minimum atomic E-state index is -0.262. The summed E-state index contributed by atoms with van der Waals surface area (Å²) in [4.78, 5) is 11.4. The van der Waals surface area contributed by atoms with Crippen LogP contribution in [0, 0.1) is 0 Å². The number of hydrogen-bond donors (Lipinski definition) is 1. The first kappa shape index (κ1) is 13.8. The molecular formula is C10H10BrCl2NO2. The van der Waals surface area contributed by atoms with Crippen LogP contribution in [0.15, 0.2) is 16.6 Å². The van der Waals surface area contributed by atoms with Crippen molar-refractivity contribution in [2.45, 2.75) is 6.92 Å². The summed E-state index contributed by atoms with van der Waals surface area (Å²) in [6, 6.07) is 3.38. The van der Waals surface area contributed by atoms with Gasteiger partial charge in [-0.15, -0.1) is 0 Å². The SMILES string of the molecule is CCOCC(=O)Nc1ccc(Br)c(Cl)c1Cl. The van der Waals surface area contributed by atoms with E-state index in [0.29, 0.717) is 26.8 Å². The number of carbonyl (C=O) groups excluding carboxylic acids is 1. The molecule has 6 heteroatoms. The van der Waals surface area contributed by atoms with Crippen molar-refractivity contribution in [3.05, 3.63) is 26.7 Å². The van der Waals surface area contributed by atoms with Crippen LogP contribution in [0.25, 0.3) is 0 Å². The lowest BCUT2D eigenvalue weighted by Gasteiger charge is -2.09. The molecule has 1 aromatic rings. The van der Waals surface area contributed by atoms with Gasteiger partial charge >= 0.3 is 0 Å². The molecule has 0 bridgehead atoms. The molecule has 1 N–H and O–H groups in total. The van der Waals surface area contributed by atoms with Crippen LogP contribution in [-0.2, 0) is 9.53 Å². The van der Waals surface area contributed by atoms with Gasteiger partial charge < -0.3 is 10.1 Å². The van der Waals surface area contributed by atoms with Gasteiger partial charge in [-0.2, -0.15) is 0 Å². The molecule has 0 aliphatic rings. The van der Waals surface area contributed by atoms with Crippen molar-refractivity contribution in [3.63, 3.8) is 0 Å². The predicted octanol–water partition coefficient (Wildman–Crippen LogP) is 3.73. The molecule has 0 saturated heterocycles. The van der Waals surface area contributed by atoms with Crippen molar-refractivity contribution < 1.29 is 9.53 Å². The first-order valence-corrected chi connectivity index (χ1v) is 6.12. The van der Waals surface area contributed by atoms with Gasteiger partial charge in [0.2, 0.25) is 5.91 Å². The van der Waals surface area contributed by atoms with Crippen molar-refractivity contribution in [2.24, 2.45) is 0 Å². The molecule has 3 nitrogen and oxygen atoms in total. The minimum Gasteiger partial charge on any atom is -0.372 e. The van der Waals surface area contributed by atoms with Gasteiger partial charge in [-0.25, -0.2) is 0 Å². The van der Waals surface area contributed by atoms with E-state index < -0.39 is 0 Å². The van der Waals surface area contributed by atoms with E-state index in [1.54, 1.807) is 12.1 Å². The van der Waals surface area contributed by atoms with E-state index in [1.807, 2.05) is 6.92 Å². The maximum Gasteiger partial charge on any atom is 0.250 e. The molecule has 0 heterocycles. The summed E-state index contributed by atoms with van der Waals surface area (Å²) in [7, 11) is 0. The number of ether oxygens (including phenoxy) is 1. The molecule has 0 aliphatic carbocycles. The van der Waals surface area contributed by atoms with Crippen molar-refractivity contribution in [1.82, 2.24) is 0 Å². The number of anilines is 1. The third kappa shape index (κ3) is 3.63. The third-order valence-corrected chi connectivity index (χ3v) is 3.52. The fraction of sp³-hybridized carbons (Fsp3) is 0.300. The Morgan fingerprint density at radius 2 is 2.12 bits per heavy atom. The summed E-state index contributed by atoms with van der Waals surface area (Å²) in [5.74, 6) is -0.262. The molecule has 0 radical (unpaired) electrons. The summed E-state index contributed by atoms with van der Waals surface area (Å²) in [5.41, 5.74) is 0.472. The molecule has 1 rings (SSSR count). The van der Waals surface area contributed by atoms with Crippen LogP contribution in [0.5, 0.6) is 0 Å². The second-order valence-corrected chi connectivity index (χ2v) is 4.52. The van der Waals surface area contributed by atoms with Crippen molar-refractivity contribution >= 4 is 50.7 Å². The fourth-order valence-corrected chi connectivity index (χ4v) is 1.82. The van der Waals surface area contributed by atoms with Crippen LogP contribution in [0.1, 0.15) is 6.92 Å². The third-order valence-electron chi connectivity index (χ3n) is 1.75. The standard InChI is InChI=1S/C10H10BrCl2NO2/c1-2-16-5-8(15)14-7-4-3-6(11)9(12)10(7)13/h3-4H,2,5H2,1H3,(H,14,15). The van der Waals surface area contributed by atoms with Gasteiger partial charge in [-0.05, 0) is 35.0 Å². The maximum absolute atomic E-state index is 11.4. The fourth-order valence-electron chi connectivity index (χ4n) is 1.00. The van der Waals surface area contributed by atoms with Gasteiger partial charge in [-0.1, -0.05) is 23.2 Å². The zero-order chi connectivity index (χ0) is 12.1. The van der Waals surface area contributed by atoms with Crippen LogP contribution in [0.2, 0.25) is 10.0 Å². The van der Waals surface area contributed by atoms with Crippen molar-refractivity contribution in [1.29, 1.82) is 0 Å². The second kappa shape index (κ2) is 6.45. The van der Waals surface area contributed by atoms with E-state index in [9.17, 15) is 4.79 Å². The van der Waals surface area contributed by atoms with Crippen molar-refractivity contribution in [2.75, 3.05) is 18.5 Å². The van der Waals surface area contributed by atoms with Gasteiger partial charge in [0.25, 0.3) is 0 Å². The normalized spacial score (nSPS) is 10.2. The summed E-state index contributed by atoms with van der Waals surface area (Å²) in [6.07, 6.45) is 0. The molecule has 1 amide bonds. The van der Waals surface area contributed by atoms with Crippen LogP contribution >= 0.6 is 39.1 Å². The molecule has 0 aliphatic heterocycles. The van der Waals surface area contributed by atoms with E-state index in [1.165, 1.54) is 0 Å². The first-order chi connectivity index (χ1) is 7.56. The molecule has 0 atom stereocenters. The average Bonchev–Trinajstić information content (AvgIpc) is 2.27. The molecule has 0 spiro atoms. The maximum atomic E-state index is 11.4. The van der Waals surface area contributed by atoms with Crippen LogP contribution < -0.4 is 5.32 Å². The van der Waals surface area contributed by atoms with Crippen LogP contribution in [-0.4, -0.2) is 19.1 Å². The Balaban J connectivity index is 2.74. The number of amides is 1. The smallest absolute Gasteiger partial charge is 0.250 e. The molecule has 16 heavy (non-hydrogen) atoms. The summed E-state index contributed by atoms with van der Waals surface area (Å²) in [6.45, 7) is 2.31. The lowest BCUT2D eigenvalue weighted by molar-refractivity contribution is -0.120. The quantitative estimate of drug-likeness (QED) is 0.856. The monoisotopic (exact) mass is 325 g/mol. The number of benzene rings is 1. The van der Waals surface area contributed by atoms with Gasteiger partial charge in [0.15, 0.2) is 0 Å². The van der Waals surface area contributed by atoms with E-state index in [0.717, 1.165) is 0 Å². The average molecular weight is 327 g/mol. The van der Waals surface area contributed by atoms with E-state index in [-0.39, 0.29) is 12.5 Å². The van der Waals surface area contributed by atoms with E-state index in [2.05, 4.69) is 21.2 Å². The summed E-state index contributed by atoms with van der Waals surface area (Å²) >= 11 is 15.1. The highest BCUT2D eigenvalue weighted by atomic mass is 79.9. The number of hydrogen-bond acceptors (Lipinski definition) is 2. The first-order valence-electron chi connectivity index (χ1n) is 4.57. The number of carbonyl (C=O) groups is 1. The Labute approximate surface area is 112 Å². The number of nitrogens with one attached hydrogen (secondary N) is 1. The second-order valence-electron chi connectivity index (χ2n) is 2.91. The van der Waals surface area contributed by atoms with Gasteiger partial charge in [0.1, 0.15) is 6.61 Å². The molecule has 1 aromatic carbocycles. The van der Waals surface area contributed by atoms with Crippen molar-refractivity contribution in [3.8, 4) is 0 Å².